The number of carbonyl (C=O) groups excluding carboxylic acids is 2. The maximum absolute atomic E-state index is 11.6. The first kappa shape index (κ1) is 16.7. The van der Waals surface area contributed by atoms with E-state index >= 15 is 0 Å². The first-order valence-electron chi connectivity index (χ1n) is 5.47. The maximum Gasteiger partial charge on any atom is 0.329 e. The maximum atomic E-state index is 11.6. The van der Waals surface area contributed by atoms with Gasteiger partial charge in [0.05, 0.1) is 12.6 Å². The van der Waals surface area contributed by atoms with Crippen LogP contribution in [0.5, 0.6) is 0 Å². The number of thiol groups is 1. The minimum absolute atomic E-state index is 0.00326. The standard InChI is InChI=1S/C10H18N2O5S/c1-2-17-10(16)7(5-18)12-9(15)6(11)3-4-8(13)14/h6-7,18H,2-5,11H2,1H3,(H,12,15)(H,13,14)/t6-,7-/m1/s1. The number of ether oxygens (including phenoxy) is 1. The van der Waals surface area contributed by atoms with Crippen LogP contribution < -0.4 is 11.1 Å². The van der Waals surface area contributed by atoms with E-state index < -0.39 is 29.9 Å². The normalized spacial score (nSPS) is 13.5. The Kier molecular flexibility index (Phi) is 8.14. The zero-order chi connectivity index (χ0) is 14.1. The molecule has 0 aromatic rings. The van der Waals surface area contributed by atoms with Crippen LogP contribution >= 0.6 is 12.6 Å². The molecule has 0 unspecified atom stereocenters. The molecule has 8 heteroatoms. The zero-order valence-corrected chi connectivity index (χ0v) is 11.0. The Morgan fingerprint density at radius 1 is 1.44 bits per heavy atom. The second-order valence-electron chi connectivity index (χ2n) is 3.53. The van der Waals surface area contributed by atoms with Gasteiger partial charge in [0.2, 0.25) is 5.91 Å². The van der Waals surface area contributed by atoms with Gasteiger partial charge in [-0.3, -0.25) is 9.59 Å². The van der Waals surface area contributed by atoms with Gasteiger partial charge in [-0.05, 0) is 13.3 Å². The molecule has 7 nitrogen and oxygen atoms in total. The van der Waals surface area contributed by atoms with Crippen LogP contribution in [0.4, 0.5) is 0 Å². The molecule has 0 fully saturated rings. The largest absolute Gasteiger partial charge is 0.481 e. The lowest BCUT2D eigenvalue weighted by molar-refractivity contribution is -0.147. The van der Waals surface area contributed by atoms with Crippen molar-refractivity contribution >= 4 is 30.5 Å². The zero-order valence-electron chi connectivity index (χ0n) is 10.1. The van der Waals surface area contributed by atoms with Gasteiger partial charge in [-0.25, -0.2) is 4.79 Å². The Morgan fingerprint density at radius 2 is 2.06 bits per heavy atom. The fraction of sp³-hybridized carbons (Fsp3) is 0.700. The highest BCUT2D eigenvalue weighted by molar-refractivity contribution is 7.80. The Morgan fingerprint density at radius 3 is 2.50 bits per heavy atom. The number of nitrogens with one attached hydrogen (secondary N) is 1. The number of hydrogen-bond donors (Lipinski definition) is 4. The molecule has 0 radical (unpaired) electrons. The molecule has 0 aromatic heterocycles. The number of carbonyl (C=O) groups is 3. The van der Waals surface area contributed by atoms with Crippen LogP contribution in [0, 0.1) is 0 Å². The smallest absolute Gasteiger partial charge is 0.329 e. The lowest BCUT2D eigenvalue weighted by Crippen LogP contribution is -2.49. The average Bonchev–Trinajstić information content (AvgIpc) is 2.32. The molecule has 0 spiro atoms. The van der Waals surface area contributed by atoms with Crippen molar-refractivity contribution in [3.8, 4) is 0 Å². The van der Waals surface area contributed by atoms with Gasteiger partial charge in [0.1, 0.15) is 6.04 Å². The van der Waals surface area contributed by atoms with Crippen molar-refractivity contribution in [2.75, 3.05) is 12.4 Å². The van der Waals surface area contributed by atoms with Crippen molar-refractivity contribution < 1.29 is 24.2 Å². The number of aliphatic carboxylic acids is 1. The number of hydrogen-bond acceptors (Lipinski definition) is 6. The van der Waals surface area contributed by atoms with E-state index in [9.17, 15) is 14.4 Å². The molecule has 0 saturated carbocycles. The third-order valence-corrected chi connectivity index (χ3v) is 2.44. The average molecular weight is 278 g/mol. The van der Waals surface area contributed by atoms with Crippen molar-refractivity contribution in [2.24, 2.45) is 5.73 Å². The molecule has 4 N–H and O–H groups in total. The molecule has 0 bridgehead atoms. The molecule has 0 aliphatic carbocycles. The summed E-state index contributed by atoms with van der Waals surface area (Å²) in [5, 5.41) is 10.8. The van der Waals surface area contributed by atoms with Crippen LogP contribution in [-0.4, -0.2) is 47.4 Å². The predicted octanol–water partition coefficient (Wildman–Crippen LogP) is -0.844. The topological polar surface area (TPSA) is 119 Å². The van der Waals surface area contributed by atoms with Gasteiger partial charge in [0.15, 0.2) is 0 Å². The molecule has 2 atom stereocenters. The first-order valence-corrected chi connectivity index (χ1v) is 6.10. The molecule has 0 aliphatic heterocycles. The summed E-state index contributed by atoms with van der Waals surface area (Å²) in [6.07, 6.45) is -0.206. The summed E-state index contributed by atoms with van der Waals surface area (Å²) < 4.78 is 4.74. The molecule has 104 valence electrons. The number of rotatable bonds is 8. The second-order valence-corrected chi connectivity index (χ2v) is 3.90. The van der Waals surface area contributed by atoms with Gasteiger partial charge >= 0.3 is 11.9 Å². The van der Waals surface area contributed by atoms with Crippen LogP contribution in [0.1, 0.15) is 19.8 Å². The van der Waals surface area contributed by atoms with Crippen molar-refractivity contribution in [1.29, 1.82) is 0 Å². The monoisotopic (exact) mass is 278 g/mol. The summed E-state index contributed by atoms with van der Waals surface area (Å²) in [5.41, 5.74) is 5.49. The minimum atomic E-state index is -1.03. The van der Waals surface area contributed by atoms with E-state index in [1.54, 1.807) is 6.92 Å². The van der Waals surface area contributed by atoms with Gasteiger partial charge < -0.3 is 20.9 Å². The Labute approximate surface area is 110 Å². The third kappa shape index (κ3) is 6.45. The molecular weight excluding hydrogens is 260 g/mol. The molecule has 1 amide bonds. The molecule has 0 aromatic carbocycles. The van der Waals surface area contributed by atoms with E-state index in [0.29, 0.717) is 0 Å². The summed E-state index contributed by atoms with van der Waals surface area (Å²) in [5.74, 6) is -2.14. The summed E-state index contributed by atoms with van der Waals surface area (Å²) in [4.78, 5) is 33.3. The lowest BCUT2D eigenvalue weighted by atomic mass is 10.1. The second kappa shape index (κ2) is 8.76. The van der Waals surface area contributed by atoms with Crippen LogP contribution in [0.2, 0.25) is 0 Å². The van der Waals surface area contributed by atoms with E-state index in [4.69, 9.17) is 15.6 Å². The van der Waals surface area contributed by atoms with Crippen molar-refractivity contribution in [1.82, 2.24) is 5.32 Å². The summed E-state index contributed by atoms with van der Waals surface area (Å²) in [7, 11) is 0. The van der Waals surface area contributed by atoms with Crippen molar-refractivity contribution in [3.63, 3.8) is 0 Å². The lowest BCUT2D eigenvalue weighted by Gasteiger charge is -2.17. The fourth-order valence-corrected chi connectivity index (χ4v) is 1.35. The number of carboxylic acids is 1. The highest BCUT2D eigenvalue weighted by Gasteiger charge is 2.23. The van der Waals surface area contributed by atoms with Crippen LogP contribution in [0.25, 0.3) is 0 Å². The quantitative estimate of drug-likeness (QED) is 0.339. The SMILES string of the molecule is CCOC(=O)[C@@H](CS)NC(=O)[C@H](N)CCC(=O)O. The summed E-state index contributed by atoms with van der Waals surface area (Å²) in [6.45, 7) is 1.85. The number of amides is 1. The van der Waals surface area contributed by atoms with Crippen LogP contribution in [0.3, 0.4) is 0 Å². The van der Waals surface area contributed by atoms with Crippen molar-refractivity contribution in [3.05, 3.63) is 0 Å². The third-order valence-electron chi connectivity index (χ3n) is 2.08. The van der Waals surface area contributed by atoms with Gasteiger partial charge in [0.25, 0.3) is 0 Å². The van der Waals surface area contributed by atoms with E-state index in [2.05, 4.69) is 17.9 Å². The van der Waals surface area contributed by atoms with E-state index in [0.717, 1.165) is 0 Å². The Bertz CT molecular complexity index is 311. The van der Waals surface area contributed by atoms with E-state index in [-0.39, 0.29) is 25.2 Å². The van der Waals surface area contributed by atoms with Crippen LogP contribution in [-0.2, 0) is 19.1 Å². The molecule has 0 saturated heterocycles. The van der Waals surface area contributed by atoms with Crippen molar-refractivity contribution in [2.45, 2.75) is 31.8 Å². The summed E-state index contributed by atoms with van der Waals surface area (Å²) in [6, 6.07) is -1.85. The molecule has 0 aliphatic rings. The molecule has 18 heavy (non-hydrogen) atoms. The Hall–Kier alpha value is -1.28. The molecule has 0 rings (SSSR count). The molecule has 0 heterocycles. The van der Waals surface area contributed by atoms with E-state index in [1.165, 1.54) is 0 Å². The molecular formula is C10H18N2O5S. The van der Waals surface area contributed by atoms with Gasteiger partial charge in [-0.2, -0.15) is 12.6 Å². The predicted molar refractivity (Wildman–Crippen MR) is 67.3 cm³/mol. The minimum Gasteiger partial charge on any atom is -0.481 e. The van der Waals surface area contributed by atoms with E-state index in [1.807, 2.05) is 0 Å². The number of esters is 1. The van der Waals surface area contributed by atoms with Gasteiger partial charge in [-0.1, -0.05) is 0 Å². The highest BCUT2D eigenvalue weighted by Crippen LogP contribution is 1.98. The van der Waals surface area contributed by atoms with Gasteiger partial charge in [-0.15, -0.1) is 0 Å². The first-order chi connectivity index (χ1) is 8.42. The highest BCUT2D eigenvalue weighted by atomic mass is 32.1. The number of carboxylic acid groups (broad SMARTS) is 1. The number of nitrogens with two attached hydrogens (primary N) is 1. The van der Waals surface area contributed by atoms with Gasteiger partial charge in [0, 0.05) is 12.2 Å². The fourth-order valence-electron chi connectivity index (χ4n) is 1.11. The van der Waals surface area contributed by atoms with Crippen LogP contribution in [0.15, 0.2) is 0 Å². The summed E-state index contributed by atoms with van der Waals surface area (Å²) >= 11 is 3.93. The Balaban J connectivity index is 4.25.